The maximum absolute atomic E-state index is 12.2. The lowest BCUT2D eigenvalue weighted by Gasteiger charge is -2.20. The summed E-state index contributed by atoms with van der Waals surface area (Å²) < 4.78 is 0. The molecule has 0 amide bonds. The van der Waals surface area contributed by atoms with E-state index in [1.165, 1.54) is 6.08 Å². The summed E-state index contributed by atoms with van der Waals surface area (Å²) in [4.78, 5) is 12.2. The van der Waals surface area contributed by atoms with Crippen LogP contribution in [0.5, 0.6) is 0 Å². The molecule has 0 saturated heterocycles. The Morgan fingerprint density at radius 1 is 0.880 bits per heavy atom. The van der Waals surface area contributed by atoms with Gasteiger partial charge in [0.05, 0.1) is 37.9 Å². The third kappa shape index (κ3) is 3.56. The van der Waals surface area contributed by atoms with Gasteiger partial charge in [-0.2, -0.15) is 5.10 Å². The Labute approximate surface area is 165 Å². The smallest absolute Gasteiger partial charge is 0.188 e. The summed E-state index contributed by atoms with van der Waals surface area (Å²) in [5, 5.41) is 6.71. The molecule has 0 spiro atoms. The molecule has 3 rings (SSSR count). The standard InChI is InChI=1S/C18H12Cl4N2O/c1-24(9-10-5-3-2-4-6-10)23-11-7-8-12(25)14-13(11)15(19)17(21)18(22)16(14)20/h2-8H,9H2,1H3. The molecular weight excluding hydrogens is 402 g/mol. The zero-order valence-electron chi connectivity index (χ0n) is 13.1. The summed E-state index contributed by atoms with van der Waals surface area (Å²) in [7, 11) is 1.83. The van der Waals surface area contributed by atoms with Crippen LogP contribution < -0.4 is 0 Å². The lowest BCUT2D eigenvalue weighted by molar-refractivity contribution is 0.104. The Bertz CT molecular complexity index is 907. The molecule has 0 atom stereocenters. The maximum Gasteiger partial charge on any atom is 0.188 e. The third-order valence-corrected chi connectivity index (χ3v) is 5.50. The number of carbonyl (C=O) groups excluding carboxylic acids is 1. The Balaban J connectivity index is 2.05. The monoisotopic (exact) mass is 412 g/mol. The van der Waals surface area contributed by atoms with E-state index in [-0.39, 0.29) is 31.4 Å². The minimum absolute atomic E-state index is 0.0627. The fourth-order valence-corrected chi connectivity index (χ4v) is 3.62. The summed E-state index contributed by atoms with van der Waals surface area (Å²) in [5.74, 6) is -0.287. The van der Waals surface area contributed by atoms with Gasteiger partial charge in [-0.15, -0.1) is 0 Å². The number of hydrogen-bond donors (Lipinski definition) is 0. The molecule has 7 heteroatoms. The average Bonchev–Trinajstić information content (AvgIpc) is 2.60. The molecule has 0 aromatic heterocycles. The molecule has 25 heavy (non-hydrogen) atoms. The van der Waals surface area contributed by atoms with Crippen LogP contribution in [-0.4, -0.2) is 23.6 Å². The first kappa shape index (κ1) is 18.3. The van der Waals surface area contributed by atoms with Crippen LogP contribution in [0.2, 0.25) is 20.1 Å². The fourth-order valence-electron chi connectivity index (χ4n) is 2.58. The van der Waals surface area contributed by atoms with Crippen molar-refractivity contribution < 1.29 is 4.79 Å². The van der Waals surface area contributed by atoms with Crippen LogP contribution in [0.15, 0.2) is 47.6 Å². The largest absolute Gasteiger partial charge is 0.295 e. The third-order valence-electron chi connectivity index (χ3n) is 3.69. The second-order valence-electron chi connectivity index (χ2n) is 5.49. The molecule has 0 bridgehead atoms. The minimum atomic E-state index is -0.287. The number of nitrogens with zero attached hydrogens (tertiary/aromatic N) is 2. The van der Waals surface area contributed by atoms with E-state index in [2.05, 4.69) is 5.10 Å². The highest BCUT2D eigenvalue weighted by atomic mass is 35.5. The molecule has 3 nitrogen and oxygen atoms in total. The molecule has 2 aromatic carbocycles. The normalized spacial score (nSPS) is 14.8. The second-order valence-corrected chi connectivity index (χ2v) is 7.00. The van der Waals surface area contributed by atoms with Gasteiger partial charge < -0.3 is 0 Å². The van der Waals surface area contributed by atoms with Crippen molar-refractivity contribution in [2.24, 2.45) is 5.10 Å². The lowest BCUT2D eigenvalue weighted by Crippen LogP contribution is -2.19. The van der Waals surface area contributed by atoms with E-state index in [1.54, 1.807) is 11.1 Å². The first-order valence-electron chi connectivity index (χ1n) is 7.32. The number of hydrogen-bond acceptors (Lipinski definition) is 3. The Morgan fingerprint density at radius 2 is 1.48 bits per heavy atom. The van der Waals surface area contributed by atoms with Gasteiger partial charge in [0.25, 0.3) is 0 Å². The molecule has 1 aliphatic rings. The van der Waals surface area contributed by atoms with Crippen LogP contribution in [-0.2, 0) is 6.54 Å². The van der Waals surface area contributed by atoms with Gasteiger partial charge in [0, 0.05) is 12.6 Å². The van der Waals surface area contributed by atoms with Crippen molar-refractivity contribution in [3.05, 3.63) is 79.3 Å². The first-order chi connectivity index (χ1) is 11.9. The number of carbonyl (C=O) groups is 1. The summed E-state index contributed by atoms with van der Waals surface area (Å²) in [6.45, 7) is 0.591. The number of ketones is 1. The van der Waals surface area contributed by atoms with Crippen molar-refractivity contribution >= 4 is 57.9 Å². The molecule has 0 aliphatic heterocycles. The van der Waals surface area contributed by atoms with Crippen LogP contribution in [0, 0.1) is 0 Å². The van der Waals surface area contributed by atoms with Crippen LogP contribution in [0.1, 0.15) is 21.5 Å². The highest BCUT2D eigenvalue weighted by Crippen LogP contribution is 2.43. The average molecular weight is 414 g/mol. The molecule has 0 heterocycles. The zero-order chi connectivity index (χ0) is 18.1. The Hall–Kier alpha value is -1.52. The quantitative estimate of drug-likeness (QED) is 0.357. The Morgan fingerprint density at radius 3 is 2.12 bits per heavy atom. The predicted molar refractivity (Wildman–Crippen MR) is 104 cm³/mol. The number of allylic oxidation sites excluding steroid dienone is 2. The lowest BCUT2D eigenvalue weighted by atomic mass is 9.94. The van der Waals surface area contributed by atoms with E-state index in [0.29, 0.717) is 17.8 Å². The van der Waals surface area contributed by atoms with E-state index in [4.69, 9.17) is 46.4 Å². The van der Waals surface area contributed by atoms with E-state index in [0.717, 1.165) is 5.56 Å². The summed E-state index contributed by atoms with van der Waals surface area (Å²) in [6, 6.07) is 9.89. The zero-order valence-corrected chi connectivity index (χ0v) is 16.1. The van der Waals surface area contributed by atoms with Gasteiger partial charge in [-0.05, 0) is 17.7 Å². The highest BCUT2D eigenvalue weighted by Gasteiger charge is 2.28. The predicted octanol–water partition coefficient (Wildman–Crippen LogP) is 5.89. The molecule has 1 aliphatic carbocycles. The maximum atomic E-state index is 12.2. The summed E-state index contributed by atoms with van der Waals surface area (Å²) in [6.07, 6.45) is 2.99. The van der Waals surface area contributed by atoms with E-state index >= 15 is 0 Å². The molecule has 2 aromatic rings. The van der Waals surface area contributed by atoms with Gasteiger partial charge in [-0.25, -0.2) is 0 Å². The molecule has 0 fully saturated rings. The van der Waals surface area contributed by atoms with Crippen molar-refractivity contribution in [1.82, 2.24) is 5.01 Å². The molecular formula is C18H12Cl4N2O. The fraction of sp³-hybridized carbons (Fsp3) is 0.111. The van der Waals surface area contributed by atoms with Gasteiger partial charge in [0.15, 0.2) is 5.78 Å². The van der Waals surface area contributed by atoms with E-state index < -0.39 is 0 Å². The van der Waals surface area contributed by atoms with Gasteiger partial charge >= 0.3 is 0 Å². The van der Waals surface area contributed by atoms with Gasteiger partial charge in [-0.1, -0.05) is 76.7 Å². The van der Waals surface area contributed by atoms with Crippen molar-refractivity contribution in [1.29, 1.82) is 0 Å². The van der Waals surface area contributed by atoms with Crippen molar-refractivity contribution in [2.75, 3.05) is 7.05 Å². The molecule has 0 saturated carbocycles. The number of fused-ring (bicyclic) bond motifs is 1. The van der Waals surface area contributed by atoms with E-state index in [9.17, 15) is 4.79 Å². The van der Waals surface area contributed by atoms with Gasteiger partial charge in [-0.3, -0.25) is 9.80 Å². The molecule has 0 N–H and O–H groups in total. The highest BCUT2D eigenvalue weighted by molar-refractivity contribution is 6.55. The molecule has 0 radical (unpaired) electrons. The Kier molecular flexibility index (Phi) is 5.40. The van der Waals surface area contributed by atoms with Crippen LogP contribution >= 0.6 is 46.4 Å². The molecule has 128 valence electrons. The van der Waals surface area contributed by atoms with Crippen LogP contribution in [0.3, 0.4) is 0 Å². The number of benzene rings is 2. The van der Waals surface area contributed by atoms with E-state index in [1.807, 2.05) is 37.4 Å². The van der Waals surface area contributed by atoms with Crippen LogP contribution in [0.25, 0.3) is 0 Å². The number of hydrazone groups is 1. The first-order valence-corrected chi connectivity index (χ1v) is 8.83. The van der Waals surface area contributed by atoms with Gasteiger partial charge in [0.2, 0.25) is 0 Å². The van der Waals surface area contributed by atoms with Crippen LogP contribution in [0.4, 0.5) is 0 Å². The minimum Gasteiger partial charge on any atom is -0.295 e. The second kappa shape index (κ2) is 7.38. The summed E-state index contributed by atoms with van der Waals surface area (Å²) >= 11 is 24.8. The van der Waals surface area contributed by atoms with Crippen molar-refractivity contribution in [2.45, 2.75) is 6.54 Å². The number of rotatable bonds is 3. The van der Waals surface area contributed by atoms with Gasteiger partial charge in [0.1, 0.15) is 0 Å². The topological polar surface area (TPSA) is 32.7 Å². The summed E-state index contributed by atoms with van der Waals surface area (Å²) in [5.41, 5.74) is 2.21. The van der Waals surface area contributed by atoms with Crippen molar-refractivity contribution in [3.63, 3.8) is 0 Å². The van der Waals surface area contributed by atoms with Crippen molar-refractivity contribution in [3.8, 4) is 0 Å². The molecule has 0 unspecified atom stereocenters. The number of halogens is 4. The SMILES string of the molecule is CN(Cc1ccccc1)N=C1C=CC(=O)c2c(Cl)c(Cl)c(Cl)c(Cl)c21.